The average molecular weight is 458 g/mol. The Morgan fingerprint density at radius 2 is 1.91 bits per heavy atom. The molecular weight excluding hydrogens is 430 g/mol. The molecule has 0 aliphatic carbocycles. The van der Waals surface area contributed by atoms with Crippen molar-refractivity contribution in [3.05, 3.63) is 63.7 Å². The summed E-state index contributed by atoms with van der Waals surface area (Å²) in [6.45, 7) is 7.70. The fourth-order valence-corrected chi connectivity index (χ4v) is 3.94. The van der Waals surface area contributed by atoms with Crippen molar-refractivity contribution in [3.63, 3.8) is 0 Å². The molecule has 1 aromatic heterocycles. The molecule has 170 valence electrons. The topological polar surface area (TPSA) is 138 Å². The fourth-order valence-electron chi connectivity index (χ4n) is 3.32. The predicted molar refractivity (Wildman–Crippen MR) is 124 cm³/mol. The first-order valence-corrected chi connectivity index (χ1v) is 11.7. The number of nitrogens with two attached hydrogens (primary N) is 1. The molecule has 32 heavy (non-hydrogen) atoms. The average Bonchev–Trinajstić information content (AvgIpc) is 2.70. The lowest BCUT2D eigenvalue weighted by Crippen LogP contribution is -2.38. The Labute approximate surface area is 186 Å². The summed E-state index contributed by atoms with van der Waals surface area (Å²) in [6.07, 6.45) is 0. The molecule has 0 aliphatic rings. The molecule has 0 saturated carbocycles. The smallest absolute Gasteiger partial charge is 0.258 e. The number of benzene rings is 2. The second kappa shape index (κ2) is 9.19. The number of hydrogen-bond donors (Lipinski definition) is 3. The van der Waals surface area contributed by atoms with Crippen LogP contribution in [-0.4, -0.2) is 41.8 Å². The van der Waals surface area contributed by atoms with Crippen LogP contribution in [0.4, 0.5) is 5.69 Å². The first-order chi connectivity index (χ1) is 15.0. The molecule has 10 heteroatoms. The number of hydrogen-bond acceptors (Lipinski definition) is 6. The minimum atomic E-state index is -3.90. The third-order valence-electron chi connectivity index (χ3n) is 5.34. The number of rotatable bonds is 7. The highest BCUT2D eigenvalue weighted by atomic mass is 32.2. The number of fused-ring (bicyclic) bond motifs is 1. The number of nitrogens with zero attached hydrogens (tertiary/aromatic N) is 2. The molecular formula is C22H27N5O4S. The lowest BCUT2D eigenvalue weighted by molar-refractivity contribution is -0.117. The zero-order chi connectivity index (χ0) is 23.6. The van der Waals surface area contributed by atoms with Gasteiger partial charge < -0.3 is 10.3 Å². The molecule has 9 nitrogen and oxygen atoms in total. The van der Waals surface area contributed by atoms with E-state index in [1.807, 2.05) is 24.8 Å². The highest BCUT2D eigenvalue weighted by Crippen LogP contribution is 2.23. The first kappa shape index (κ1) is 23.6. The summed E-state index contributed by atoms with van der Waals surface area (Å²) in [6, 6.07) is 9.88. The summed E-state index contributed by atoms with van der Waals surface area (Å²) in [7, 11) is -3.90. The molecule has 0 aliphatic heterocycles. The molecule has 3 aromatic rings. The Kier molecular flexibility index (Phi) is 6.77. The molecule has 0 fully saturated rings. The second-order valence-corrected chi connectivity index (χ2v) is 9.60. The molecule has 4 N–H and O–H groups in total. The van der Waals surface area contributed by atoms with Gasteiger partial charge in [0.1, 0.15) is 5.82 Å². The molecule has 0 radical (unpaired) electrons. The van der Waals surface area contributed by atoms with Crippen LogP contribution < -0.4 is 16.0 Å². The molecule has 0 saturated heterocycles. The van der Waals surface area contributed by atoms with Crippen LogP contribution >= 0.6 is 0 Å². The van der Waals surface area contributed by atoms with Gasteiger partial charge in [0.2, 0.25) is 15.9 Å². The van der Waals surface area contributed by atoms with Crippen molar-refractivity contribution in [2.75, 3.05) is 11.9 Å². The van der Waals surface area contributed by atoms with E-state index < -0.39 is 10.0 Å². The van der Waals surface area contributed by atoms with Crippen molar-refractivity contribution in [2.24, 2.45) is 5.14 Å². The third-order valence-corrected chi connectivity index (χ3v) is 6.23. The van der Waals surface area contributed by atoms with E-state index in [0.29, 0.717) is 28.0 Å². The van der Waals surface area contributed by atoms with E-state index in [4.69, 9.17) is 5.14 Å². The number of para-hydroxylation sites is 1. The number of carbonyl (C=O) groups excluding carboxylic acids is 1. The number of nitrogens with one attached hydrogen (secondary N) is 2. The van der Waals surface area contributed by atoms with Gasteiger partial charge in [0.25, 0.3) is 5.56 Å². The zero-order valence-electron chi connectivity index (χ0n) is 18.5. The molecule has 2 aromatic carbocycles. The van der Waals surface area contributed by atoms with Gasteiger partial charge in [0.05, 0.1) is 28.9 Å². The van der Waals surface area contributed by atoms with Gasteiger partial charge in [0.15, 0.2) is 0 Å². The van der Waals surface area contributed by atoms with Gasteiger partial charge in [-0.05, 0) is 63.1 Å². The number of aromatic nitrogens is 2. The summed E-state index contributed by atoms with van der Waals surface area (Å²) in [5.41, 5.74) is 2.20. The first-order valence-electron chi connectivity index (χ1n) is 10.1. The monoisotopic (exact) mass is 457 g/mol. The normalized spacial score (nSPS) is 12.0. The highest BCUT2D eigenvalue weighted by Gasteiger charge is 2.19. The maximum atomic E-state index is 12.8. The Balaban J connectivity index is 1.81. The number of amides is 1. The number of aromatic amines is 1. The summed E-state index contributed by atoms with van der Waals surface area (Å²) in [5.74, 6) is 0.134. The Bertz CT molecular complexity index is 1330. The van der Waals surface area contributed by atoms with Crippen LogP contribution in [0.5, 0.6) is 0 Å². The van der Waals surface area contributed by atoms with Gasteiger partial charge >= 0.3 is 0 Å². The standard InChI is InChI=1S/C22H27N5O4S/c1-13(2)27(11-20-24-18-8-6-5-7-17(18)22(29)26-20)12-21(28)25-19-10-16(32(23,30)31)9-14(3)15(19)4/h5-10,13H,11-12H2,1-4H3,(H,25,28)(H2,23,30,31)(H,24,26,29). The highest BCUT2D eigenvalue weighted by molar-refractivity contribution is 7.89. The lowest BCUT2D eigenvalue weighted by Gasteiger charge is -2.25. The van der Waals surface area contributed by atoms with Crippen LogP contribution in [0.1, 0.15) is 30.8 Å². The Morgan fingerprint density at radius 3 is 2.56 bits per heavy atom. The van der Waals surface area contributed by atoms with E-state index >= 15 is 0 Å². The van der Waals surface area contributed by atoms with Gasteiger partial charge in [-0.2, -0.15) is 0 Å². The van der Waals surface area contributed by atoms with Crippen molar-refractivity contribution in [1.29, 1.82) is 0 Å². The van der Waals surface area contributed by atoms with Crippen LogP contribution in [0.15, 0.2) is 46.1 Å². The summed E-state index contributed by atoms with van der Waals surface area (Å²) in [4.78, 5) is 34.2. The minimum Gasteiger partial charge on any atom is -0.325 e. The largest absolute Gasteiger partial charge is 0.325 e. The lowest BCUT2D eigenvalue weighted by atomic mass is 10.1. The van der Waals surface area contributed by atoms with Crippen molar-refractivity contribution < 1.29 is 13.2 Å². The fraction of sp³-hybridized carbons (Fsp3) is 0.318. The van der Waals surface area contributed by atoms with Crippen LogP contribution in [0.3, 0.4) is 0 Å². The van der Waals surface area contributed by atoms with Gasteiger partial charge in [-0.3, -0.25) is 14.5 Å². The van der Waals surface area contributed by atoms with E-state index in [0.717, 1.165) is 5.56 Å². The molecule has 0 unspecified atom stereocenters. The number of H-pyrrole nitrogens is 1. The van der Waals surface area contributed by atoms with E-state index in [1.54, 1.807) is 32.0 Å². The number of carbonyl (C=O) groups is 1. The van der Waals surface area contributed by atoms with Gasteiger partial charge in [0, 0.05) is 11.7 Å². The maximum Gasteiger partial charge on any atom is 0.258 e. The van der Waals surface area contributed by atoms with Crippen molar-refractivity contribution >= 4 is 32.5 Å². The third kappa shape index (κ3) is 5.39. The summed E-state index contributed by atoms with van der Waals surface area (Å²) < 4.78 is 23.5. The maximum absolute atomic E-state index is 12.8. The van der Waals surface area contributed by atoms with Gasteiger partial charge in [-0.1, -0.05) is 12.1 Å². The van der Waals surface area contributed by atoms with Crippen LogP contribution in [0.2, 0.25) is 0 Å². The SMILES string of the molecule is Cc1cc(S(N)(=O)=O)cc(NC(=O)CN(Cc2nc3ccccc3c(=O)[nH]2)C(C)C)c1C. The molecule has 0 spiro atoms. The van der Waals surface area contributed by atoms with Crippen molar-refractivity contribution in [1.82, 2.24) is 14.9 Å². The van der Waals surface area contributed by atoms with Crippen molar-refractivity contribution in [2.45, 2.75) is 45.2 Å². The van der Waals surface area contributed by atoms with E-state index in [2.05, 4.69) is 15.3 Å². The minimum absolute atomic E-state index is 0.0175. The predicted octanol–water partition coefficient (Wildman–Crippen LogP) is 2.04. The number of primary sulfonamides is 1. The Morgan fingerprint density at radius 1 is 1.22 bits per heavy atom. The number of anilines is 1. The molecule has 0 atom stereocenters. The molecule has 1 amide bonds. The number of aryl methyl sites for hydroxylation is 1. The summed E-state index contributed by atoms with van der Waals surface area (Å²) >= 11 is 0. The zero-order valence-corrected chi connectivity index (χ0v) is 19.3. The van der Waals surface area contributed by atoms with Crippen LogP contribution in [0, 0.1) is 13.8 Å². The quantitative estimate of drug-likeness (QED) is 0.496. The van der Waals surface area contributed by atoms with Crippen LogP contribution in [0.25, 0.3) is 10.9 Å². The van der Waals surface area contributed by atoms with Gasteiger partial charge in [-0.25, -0.2) is 18.5 Å². The van der Waals surface area contributed by atoms with E-state index in [9.17, 15) is 18.0 Å². The van der Waals surface area contributed by atoms with Gasteiger partial charge in [-0.15, -0.1) is 0 Å². The number of sulfonamides is 1. The van der Waals surface area contributed by atoms with E-state index in [-0.39, 0.29) is 35.5 Å². The van der Waals surface area contributed by atoms with Crippen LogP contribution in [-0.2, 0) is 21.4 Å². The second-order valence-electron chi connectivity index (χ2n) is 8.03. The summed E-state index contributed by atoms with van der Waals surface area (Å²) in [5, 5.41) is 8.54. The molecule has 0 bridgehead atoms. The molecule has 1 heterocycles. The molecule has 3 rings (SSSR count). The Hall–Kier alpha value is -3.08. The van der Waals surface area contributed by atoms with Crippen molar-refractivity contribution in [3.8, 4) is 0 Å². The van der Waals surface area contributed by atoms with E-state index in [1.165, 1.54) is 12.1 Å².